The zero-order chi connectivity index (χ0) is 11.5. The topological polar surface area (TPSA) is 12.0 Å². The van der Waals surface area contributed by atoms with Crippen LogP contribution in [-0.4, -0.2) is 12.6 Å². The third kappa shape index (κ3) is 13.1. The molecule has 0 amide bonds. The van der Waals surface area contributed by atoms with Gasteiger partial charge in [-0.3, -0.25) is 0 Å². The van der Waals surface area contributed by atoms with Gasteiger partial charge in [-0.15, -0.1) is 0 Å². The van der Waals surface area contributed by atoms with E-state index in [1.165, 1.54) is 6.42 Å². The largest absolute Gasteiger partial charge is 0.314 e. The maximum atomic E-state index is 3.31. The van der Waals surface area contributed by atoms with Crippen LogP contribution >= 0.6 is 0 Å². The first-order chi connectivity index (χ1) is 7.13. The molecule has 0 spiro atoms. The van der Waals surface area contributed by atoms with Crippen molar-refractivity contribution in [3.05, 3.63) is 0 Å². The lowest BCUT2D eigenvalue weighted by Crippen LogP contribution is -2.23. The molecule has 0 atom stereocenters. The second-order valence-electron chi connectivity index (χ2n) is 4.39. The van der Waals surface area contributed by atoms with E-state index in [0.29, 0.717) is 6.04 Å². The molecule has 15 heavy (non-hydrogen) atoms. The van der Waals surface area contributed by atoms with Crippen molar-refractivity contribution >= 4 is 0 Å². The van der Waals surface area contributed by atoms with Crippen LogP contribution in [0.5, 0.6) is 0 Å². The summed E-state index contributed by atoms with van der Waals surface area (Å²) >= 11 is 0. The fraction of sp³-hybridized carbons (Fsp3) is 0.714. The summed E-state index contributed by atoms with van der Waals surface area (Å²) < 4.78 is 0. The highest BCUT2D eigenvalue weighted by molar-refractivity contribution is 5.25. The molecule has 0 fully saturated rings. The highest BCUT2D eigenvalue weighted by Crippen LogP contribution is 2.00. The summed E-state index contributed by atoms with van der Waals surface area (Å²) in [6, 6.07) is 0.545. The van der Waals surface area contributed by atoms with Gasteiger partial charge >= 0.3 is 0 Å². The second kappa shape index (κ2) is 9.63. The summed E-state index contributed by atoms with van der Waals surface area (Å²) in [5.74, 6) is 12.6. The molecule has 0 saturated carbocycles. The molecule has 0 aliphatic rings. The van der Waals surface area contributed by atoms with Crippen LogP contribution < -0.4 is 5.32 Å². The predicted octanol–water partition coefficient (Wildman–Crippen LogP) is 2.82. The minimum absolute atomic E-state index is 0.545. The van der Waals surface area contributed by atoms with Crippen molar-refractivity contribution in [1.82, 2.24) is 5.32 Å². The second-order valence-corrected chi connectivity index (χ2v) is 4.39. The van der Waals surface area contributed by atoms with Crippen LogP contribution in [0.15, 0.2) is 0 Å². The Hall–Kier alpha value is -0.920. The fourth-order valence-corrected chi connectivity index (χ4v) is 0.998. The monoisotopic (exact) mass is 205 g/mol. The van der Waals surface area contributed by atoms with Crippen LogP contribution in [0.2, 0.25) is 0 Å². The molecule has 0 aromatic heterocycles. The highest BCUT2D eigenvalue weighted by Gasteiger charge is 1.88. The average molecular weight is 205 g/mol. The van der Waals surface area contributed by atoms with Crippen LogP contribution in [0.25, 0.3) is 0 Å². The van der Waals surface area contributed by atoms with E-state index in [9.17, 15) is 0 Å². The van der Waals surface area contributed by atoms with Gasteiger partial charge in [0.1, 0.15) is 0 Å². The lowest BCUT2D eigenvalue weighted by Gasteiger charge is -2.03. The van der Waals surface area contributed by atoms with Crippen LogP contribution in [0, 0.1) is 29.6 Å². The molecule has 0 unspecified atom stereocenters. The number of nitrogens with one attached hydrogen (secondary N) is 1. The van der Waals surface area contributed by atoms with Crippen molar-refractivity contribution in [1.29, 1.82) is 0 Å². The highest BCUT2D eigenvalue weighted by atomic mass is 14.9. The van der Waals surface area contributed by atoms with E-state index in [-0.39, 0.29) is 0 Å². The van der Waals surface area contributed by atoms with Crippen LogP contribution in [0.3, 0.4) is 0 Å². The fourth-order valence-electron chi connectivity index (χ4n) is 0.998. The zero-order valence-corrected chi connectivity index (χ0v) is 10.5. The number of hydrogen-bond donors (Lipinski definition) is 1. The van der Waals surface area contributed by atoms with Gasteiger partial charge in [-0.1, -0.05) is 39.5 Å². The Morgan fingerprint density at radius 1 is 0.933 bits per heavy atom. The molecule has 1 nitrogen and oxygen atoms in total. The molecular weight excluding hydrogens is 182 g/mol. The summed E-state index contributed by atoms with van der Waals surface area (Å²) in [5.41, 5.74) is 0. The van der Waals surface area contributed by atoms with E-state index in [1.54, 1.807) is 0 Å². The third-order valence-corrected chi connectivity index (χ3v) is 1.89. The van der Waals surface area contributed by atoms with Gasteiger partial charge < -0.3 is 5.32 Å². The Balaban J connectivity index is 3.44. The Kier molecular flexibility index (Phi) is 9.04. The van der Waals surface area contributed by atoms with Crippen molar-refractivity contribution in [2.24, 2.45) is 5.92 Å². The average Bonchev–Trinajstić information content (AvgIpc) is 2.14. The van der Waals surface area contributed by atoms with E-state index in [1.807, 2.05) is 0 Å². The lowest BCUT2D eigenvalue weighted by atomic mass is 10.1. The third-order valence-electron chi connectivity index (χ3n) is 1.89. The van der Waals surface area contributed by atoms with Crippen molar-refractivity contribution in [2.75, 3.05) is 6.54 Å². The van der Waals surface area contributed by atoms with Crippen LogP contribution in [0.4, 0.5) is 0 Å². The first-order valence-corrected chi connectivity index (χ1v) is 5.82. The van der Waals surface area contributed by atoms with Crippen molar-refractivity contribution in [2.45, 2.75) is 53.0 Å². The molecule has 0 aromatic rings. The smallest absolute Gasteiger partial charge is 0.0224 e. The van der Waals surface area contributed by atoms with Gasteiger partial charge in [0.25, 0.3) is 0 Å². The summed E-state index contributed by atoms with van der Waals surface area (Å²) in [6.45, 7) is 9.66. The van der Waals surface area contributed by atoms with Crippen molar-refractivity contribution in [3.63, 3.8) is 0 Å². The molecular formula is C14H23N. The Bertz CT molecular complexity index is 255. The molecule has 0 saturated heterocycles. The number of hydrogen-bond acceptors (Lipinski definition) is 1. The van der Waals surface area contributed by atoms with Gasteiger partial charge in [-0.25, -0.2) is 0 Å². The molecule has 1 heteroatoms. The van der Waals surface area contributed by atoms with Crippen LogP contribution in [0.1, 0.15) is 47.0 Å². The van der Waals surface area contributed by atoms with E-state index in [2.05, 4.69) is 56.7 Å². The summed E-state index contributed by atoms with van der Waals surface area (Å²) in [5, 5.41) is 3.31. The molecule has 0 aliphatic heterocycles. The summed E-state index contributed by atoms with van der Waals surface area (Å²) in [4.78, 5) is 0. The zero-order valence-electron chi connectivity index (χ0n) is 10.5. The maximum Gasteiger partial charge on any atom is 0.0224 e. The number of rotatable bonds is 5. The Morgan fingerprint density at radius 3 is 2.07 bits per heavy atom. The maximum absolute atomic E-state index is 3.31. The normalized spacial score (nSPS) is 9.47. The molecule has 0 radical (unpaired) electrons. The van der Waals surface area contributed by atoms with Gasteiger partial charge in [-0.05, 0) is 24.2 Å². The Morgan fingerprint density at radius 2 is 1.53 bits per heavy atom. The quantitative estimate of drug-likeness (QED) is 0.537. The van der Waals surface area contributed by atoms with E-state index in [0.717, 1.165) is 25.3 Å². The Labute approximate surface area is 95.0 Å². The first kappa shape index (κ1) is 14.1. The minimum Gasteiger partial charge on any atom is -0.314 e. The molecule has 1 N–H and O–H groups in total. The van der Waals surface area contributed by atoms with E-state index in [4.69, 9.17) is 0 Å². The van der Waals surface area contributed by atoms with Crippen molar-refractivity contribution < 1.29 is 0 Å². The van der Waals surface area contributed by atoms with E-state index < -0.39 is 0 Å². The standard InChI is InChI=1S/C14H23N/c1-13(2)11-9-7-5-6-8-10-12-15-14(3)4/h13-15H,9-12H2,1-4H3. The van der Waals surface area contributed by atoms with Gasteiger partial charge in [0.15, 0.2) is 0 Å². The summed E-state index contributed by atoms with van der Waals surface area (Å²) in [6.07, 6.45) is 3.03. The van der Waals surface area contributed by atoms with Gasteiger partial charge in [0, 0.05) is 25.4 Å². The molecule has 0 heterocycles. The molecule has 0 aliphatic carbocycles. The van der Waals surface area contributed by atoms with Crippen molar-refractivity contribution in [3.8, 4) is 23.7 Å². The molecule has 0 bridgehead atoms. The molecule has 0 rings (SSSR count). The van der Waals surface area contributed by atoms with Gasteiger partial charge in [0.2, 0.25) is 0 Å². The lowest BCUT2D eigenvalue weighted by molar-refractivity contribution is 0.598. The molecule has 84 valence electrons. The van der Waals surface area contributed by atoms with Crippen LogP contribution in [-0.2, 0) is 0 Å². The van der Waals surface area contributed by atoms with E-state index >= 15 is 0 Å². The minimum atomic E-state index is 0.545. The first-order valence-electron chi connectivity index (χ1n) is 5.82. The SMILES string of the molecule is CC(C)CCC#CC#CCCNC(C)C. The predicted molar refractivity (Wildman–Crippen MR) is 67.4 cm³/mol. The van der Waals surface area contributed by atoms with Gasteiger partial charge in [0.05, 0.1) is 0 Å². The van der Waals surface area contributed by atoms with Gasteiger partial charge in [-0.2, -0.15) is 0 Å². The molecule has 0 aromatic carbocycles. The summed E-state index contributed by atoms with van der Waals surface area (Å²) in [7, 11) is 0.